The second-order valence-corrected chi connectivity index (χ2v) is 5.76. The molecule has 1 heterocycles. The molecular formula is C17H13FN2OS. The maximum Gasteiger partial charge on any atom is 0.272 e. The molecular weight excluding hydrogens is 299 g/mol. The molecule has 1 amide bonds. The molecule has 0 N–H and O–H groups in total. The Kier molecular flexibility index (Phi) is 3.98. The summed E-state index contributed by atoms with van der Waals surface area (Å²) in [5, 5.41) is 0. The minimum Gasteiger partial charge on any atom is -0.319 e. The van der Waals surface area contributed by atoms with Gasteiger partial charge in [-0.2, -0.15) is 4.99 Å². The van der Waals surface area contributed by atoms with Gasteiger partial charge in [-0.3, -0.25) is 4.79 Å². The van der Waals surface area contributed by atoms with Crippen LogP contribution < -0.4 is 4.80 Å². The van der Waals surface area contributed by atoms with Crippen LogP contribution in [-0.2, 0) is 11.8 Å². The number of thiazole rings is 1. The van der Waals surface area contributed by atoms with Crippen molar-refractivity contribution < 1.29 is 9.18 Å². The molecule has 110 valence electrons. The third-order valence-electron chi connectivity index (χ3n) is 3.21. The summed E-state index contributed by atoms with van der Waals surface area (Å²) >= 11 is 1.47. The average Bonchev–Trinajstić information content (AvgIpc) is 2.83. The molecule has 0 aliphatic carbocycles. The van der Waals surface area contributed by atoms with Crippen LogP contribution in [0.3, 0.4) is 0 Å². The van der Waals surface area contributed by atoms with Crippen LogP contribution in [0.25, 0.3) is 16.3 Å². The number of amides is 1. The molecule has 1 aromatic heterocycles. The van der Waals surface area contributed by atoms with E-state index in [9.17, 15) is 9.18 Å². The van der Waals surface area contributed by atoms with Gasteiger partial charge in [0, 0.05) is 13.1 Å². The quantitative estimate of drug-likeness (QED) is 0.667. The van der Waals surface area contributed by atoms with Gasteiger partial charge < -0.3 is 4.57 Å². The number of carbonyl (C=O) groups excluding carboxylic acids is 1. The topological polar surface area (TPSA) is 34.4 Å². The first-order valence-electron chi connectivity index (χ1n) is 6.70. The largest absolute Gasteiger partial charge is 0.319 e. The van der Waals surface area contributed by atoms with Gasteiger partial charge in [0.2, 0.25) is 0 Å². The molecule has 22 heavy (non-hydrogen) atoms. The molecule has 0 bridgehead atoms. The van der Waals surface area contributed by atoms with Crippen molar-refractivity contribution in [3.63, 3.8) is 0 Å². The number of fused-ring (bicyclic) bond motifs is 1. The van der Waals surface area contributed by atoms with E-state index in [0.29, 0.717) is 4.80 Å². The number of hydrogen-bond donors (Lipinski definition) is 0. The standard InChI is InChI=1S/C17H13FN2OS/c1-20-14-4-2-3-5-15(14)22-17(20)19-16(21)11-8-12-6-9-13(18)10-7-12/h2-11H,1H3/b11-8+,19-17?. The molecule has 3 rings (SSSR count). The first-order valence-corrected chi connectivity index (χ1v) is 7.52. The number of halogens is 1. The minimum atomic E-state index is -0.341. The Morgan fingerprint density at radius 3 is 2.64 bits per heavy atom. The Hall–Kier alpha value is -2.53. The molecule has 3 nitrogen and oxygen atoms in total. The maximum atomic E-state index is 12.8. The molecule has 0 aliphatic rings. The van der Waals surface area contributed by atoms with Gasteiger partial charge in [-0.25, -0.2) is 4.39 Å². The highest BCUT2D eigenvalue weighted by atomic mass is 32.1. The number of benzene rings is 2. The minimum absolute atomic E-state index is 0.300. The summed E-state index contributed by atoms with van der Waals surface area (Å²) in [6.07, 6.45) is 3.01. The Balaban J connectivity index is 1.88. The maximum absolute atomic E-state index is 12.8. The lowest BCUT2D eigenvalue weighted by molar-refractivity contribution is -0.113. The van der Waals surface area contributed by atoms with Crippen molar-refractivity contribution in [2.75, 3.05) is 0 Å². The van der Waals surface area contributed by atoms with Crippen LogP contribution >= 0.6 is 11.3 Å². The van der Waals surface area contributed by atoms with Gasteiger partial charge in [0.15, 0.2) is 4.80 Å². The molecule has 5 heteroatoms. The first kappa shape index (κ1) is 14.4. The van der Waals surface area contributed by atoms with E-state index in [1.165, 1.54) is 29.5 Å². The molecule has 0 fully saturated rings. The zero-order chi connectivity index (χ0) is 15.5. The van der Waals surface area contributed by atoms with Crippen molar-refractivity contribution >= 4 is 33.5 Å². The van der Waals surface area contributed by atoms with E-state index in [2.05, 4.69) is 4.99 Å². The Morgan fingerprint density at radius 2 is 1.91 bits per heavy atom. The van der Waals surface area contributed by atoms with Crippen LogP contribution in [0.2, 0.25) is 0 Å². The van der Waals surface area contributed by atoms with Gasteiger partial charge >= 0.3 is 0 Å². The van der Waals surface area contributed by atoms with Gasteiger partial charge in [0.05, 0.1) is 10.2 Å². The Bertz CT molecular complexity index is 920. The summed E-state index contributed by atoms with van der Waals surface area (Å²) in [4.78, 5) is 16.7. The van der Waals surface area contributed by atoms with Gasteiger partial charge in [0.25, 0.3) is 5.91 Å². The van der Waals surface area contributed by atoms with Gasteiger partial charge in [-0.1, -0.05) is 35.6 Å². The molecule has 0 saturated carbocycles. The molecule has 0 saturated heterocycles. The third-order valence-corrected chi connectivity index (χ3v) is 4.32. The molecule has 0 unspecified atom stereocenters. The molecule has 2 aromatic carbocycles. The van der Waals surface area contributed by atoms with Crippen LogP contribution in [0.5, 0.6) is 0 Å². The third kappa shape index (κ3) is 3.04. The summed E-state index contributed by atoms with van der Waals surface area (Å²) in [6, 6.07) is 13.8. The van der Waals surface area contributed by atoms with Crippen molar-refractivity contribution in [3.8, 4) is 0 Å². The van der Waals surface area contributed by atoms with Crippen LogP contribution in [0.15, 0.2) is 59.6 Å². The number of rotatable bonds is 2. The van der Waals surface area contributed by atoms with E-state index < -0.39 is 0 Å². The summed E-state index contributed by atoms with van der Waals surface area (Å²) in [7, 11) is 1.88. The van der Waals surface area contributed by atoms with Gasteiger partial charge in [0.1, 0.15) is 5.82 Å². The number of aromatic nitrogens is 1. The lowest BCUT2D eigenvalue weighted by Crippen LogP contribution is -2.12. The van der Waals surface area contributed by atoms with Crippen LogP contribution in [-0.4, -0.2) is 10.5 Å². The Morgan fingerprint density at radius 1 is 1.18 bits per heavy atom. The Labute approximate surface area is 130 Å². The van der Waals surface area contributed by atoms with E-state index in [1.807, 2.05) is 35.9 Å². The fourth-order valence-electron chi connectivity index (χ4n) is 2.06. The second-order valence-electron chi connectivity index (χ2n) is 4.75. The van der Waals surface area contributed by atoms with Crippen LogP contribution in [0, 0.1) is 5.82 Å². The molecule has 3 aromatic rings. The lowest BCUT2D eigenvalue weighted by Gasteiger charge is -1.93. The van der Waals surface area contributed by atoms with E-state index >= 15 is 0 Å². The summed E-state index contributed by atoms with van der Waals surface area (Å²) in [5.41, 5.74) is 1.80. The van der Waals surface area contributed by atoms with Crippen LogP contribution in [0.4, 0.5) is 4.39 Å². The summed E-state index contributed by atoms with van der Waals surface area (Å²) < 4.78 is 15.8. The van der Waals surface area contributed by atoms with Crippen LogP contribution in [0.1, 0.15) is 5.56 Å². The SMILES string of the molecule is Cn1c(=NC(=O)/C=C/c2ccc(F)cc2)sc2ccccc21. The number of nitrogens with zero attached hydrogens (tertiary/aromatic N) is 2. The molecule has 0 atom stereocenters. The highest BCUT2D eigenvalue weighted by Gasteiger charge is 2.02. The van der Waals surface area contributed by atoms with Gasteiger partial charge in [-0.15, -0.1) is 0 Å². The number of aryl methyl sites for hydroxylation is 1. The highest BCUT2D eigenvalue weighted by molar-refractivity contribution is 7.16. The number of carbonyl (C=O) groups is 1. The zero-order valence-electron chi connectivity index (χ0n) is 11.9. The normalized spacial score (nSPS) is 12.4. The van der Waals surface area contributed by atoms with Crippen molar-refractivity contribution in [2.45, 2.75) is 0 Å². The van der Waals surface area contributed by atoms with Crippen molar-refractivity contribution in [1.29, 1.82) is 0 Å². The summed E-state index contributed by atoms with van der Waals surface area (Å²) in [5.74, 6) is -0.642. The smallest absolute Gasteiger partial charge is 0.272 e. The van der Waals surface area contributed by atoms with E-state index in [0.717, 1.165) is 15.8 Å². The van der Waals surface area contributed by atoms with Crippen molar-refractivity contribution in [1.82, 2.24) is 4.57 Å². The van der Waals surface area contributed by atoms with E-state index in [-0.39, 0.29) is 11.7 Å². The van der Waals surface area contributed by atoms with E-state index in [4.69, 9.17) is 0 Å². The van der Waals surface area contributed by atoms with Gasteiger partial charge in [-0.05, 0) is 35.9 Å². The fourth-order valence-corrected chi connectivity index (χ4v) is 3.08. The zero-order valence-corrected chi connectivity index (χ0v) is 12.7. The average molecular weight is 312 g/mol. The van der Waals surface area contributed by atoms with E-state index in [1.54, 1.807) is 18.2 Å². The van der Waals surface area contributed by atoms with Crippen molar-refractivity contribution in [2.24, 2.45) is 12.0 Å². The van der Waals surface area contributed by atoms with Crippen molar-refractivity contribution in [3.05, 3.63) is 70.8 Å². The summed E-state index contributed by atoms with van der Waals surface area (Å²) in [6.45, 7) is 0. The number of para-hydroxylation sites is 1. The number of hydrogen-bond acceptors (Lipinski definition) is 2. The predicted molar refractivity (Wildman–Crippen MR) is 86.8 cm³/mol. The first-order chi connectivity index (χ1) is 10.6. The monoisotopic (exact) mass is 312 g/mol. The second kappa shape index (κ2) is 6.07. The molecule has 0 aliphatic heterocycles. The predicted octanol–water partition coefficient (Wildman–Crippen LogP) is 3.52. The lowest BCUT2D eigenvalue weighted by atomic mass is 10.2. The fraction of sp³-hybridized carbons (Fsp3) is 0.0588. The molecule has 0 spiro atoms. The molecule has 0 radical (unpaired) electrons. The highest BCUT2D eigenvalue weighted by Crippen LogP contribution is 2.15.